The second-order valence-electron chi connectivity index (χ2n) is 1.69. The third-order valence-electron chi connectivity index (χ3n) is 1.19. The Balaban J connectivity index is 2.84. The van der Waals surface area contributed by atoms with Crippen LogP contribution in [0.4, 0.5) is 0 Å². The summed E-state index contributed by atoms with van der Waals surface area (Å²) in [7, 11) is 1.82. The highest BCUT2D eigenvalue weighted by Crippen LogP contribution is 2.22. The van der Waals surface area contributed by atoms with E-state index in [0.717, 1.165) is 5.04 Å². The van der Waals surface area contributed by atoms with Crippen molar-refractivity contribution in [3.05, 3.63) is 23.1 Å². The maximum Gasteiger partial charge on any atom is 0.101 e. The summed E-state index contributed by atoms with van der Waals surface area (Å²) in [6.45, 7) is 2.02. The molecule has 1 heterocycles. The number of thioether (sulfide) groups is 1. The zero-order valence-electron chi connectivity index (χ0n) is 5.59. The number of hydrogen-bond acceptors (Lipinski definition) is 2. The van der Waals surface area contributed by atoms with Crippen LogP contribution in [0.1, 0.15) is 6.92 Å². The average molecular weight is 139 g/mol. The molecule has 0 bridgehead atoms. The number of hydrogen-bond donors (Lipinski definition) is 0. The van der Waals surface area contributed by atoms with Gasteiger partial charge in [0.15, 0.2) is 0 Å². The standard InChI is InChI=1S/C7H9NS/c1-3-6-4-5-9-7(6)8-2/h3-5H,1-2H3. The molecule has 0 saturated heterocycles. The van der Waals surface area contributed by atoms with Crippen LogP contribution in [-0.4, -0.2) is 12.1 Å². The molecule has 0 amide bonds. The molecule has 48 valence electrons. The van der Waals surface area contributed by atoms with Crippen molar-refractivity contribution in [1.82, 2.24) is 0 Å². The fourth-order valence-corrected chi connectivity index (χ4v) is 1.48. The normalized spacial score (nSPS) is 26.4. The fourth-order valence-electron chi connectivity index (χ4n) is 0.713. The van der Waals surface area contributed by atoms with Gasteiger partial charge in [-0.15, -0.1) is 0 Å². The summed E-state index contributed by atoms with van der Waals surface area (Å²) in [5, 5.41) is 3.18. The molecule has 0 radical (unpaired) electrons. The second kappa shape index (κ2) is 2.87. The Bertz CT molecular complexity index is 189. The van der Waals surface area contributed by atoms with Crippen molar-refractivity contribution in [2.75, 3.05) is 7.05 Å². The molecule has 2 heteroatoms. The molecule has 0 aliphatic carbocycles. The van der Waals surface area contributed by atoms with Gasteiger partial charge >= 0.3 is 0 Å². The van der Waals surface area contributed by atoms with Gasteiger partial charge in [-0.3, -0.25) is 4.99 Å². The smallest absolute Gasteiger partial charge is 0.101 e. The maximum atomic E-state index is 4.09. The predicted molar refractivity (Wildman–Crippen MR) is 43.8 cm³/mol. The lowest BCUT2D eigenvalue weighted by molar-refractivity contribution is 1.46. The summed E-state index contributed by atoms with van der Waals surface area (Å²) in [4.78, 5) is 4.09. The summed E-state index contributed by atoms with van der Waals surface area (Å²) in [5.74, 6) is 0. The molecule has 1 nitrogen and oxygen atoms in total. The van der Waals surface area contributed by atoms with Gasteiger partial charge in [0, 0.05) is 12.6 Å². The average Bonchev–Trinajstić information content (AvgIpc) is 2.33. The molecule has 0 atom stereocenters. The van der Waals surface area contributed by atoms with E-state index in [1.807, 2.05) is 14.0 Å². The van der Waals surface area contributed by atoms with Crippen LogP contribution in [0.3, 0.4) is 0 Å². The van der Waals surface area contributed by atoms with Gasteiger partial charge in [-0.2, -0.15) is 0 Å². The molecule has 0 aromatic carbocycles. The summed E-state index contributed by atoms with van der Waals surface area (Å²) in [6.07, 6.45) is 4.14. The van der Waals surface area contributed by atoms with Gasteiger partial charge in [0.25, 0.3) is 0 Å². The number of aliphatic imine (C=N–C) groups is 1. The zero-order chi connectivity index (χ0) is 6.69. The van der Waals surface area contributed by atoms with Crippen LogP contribution >= 0.6 is 11.8 Å². The van der Waals surface area contributed by atoms with E-state index in [-0.39, 0.29) is 0 Å². The van der Waals surface area contributed by atoms with Gasteiger partial charge < -0.3 is 0 Å². The maximum absolute atomic E-state index is 4.09. The largest absolute Gasteiger partial charge is 0.281 e. The molecule has 0 aromatic rings. The third kappa shape index (κ3) is 1.24. The second-order valence-corrected chi connectivity index (χ2v) is 2.59. The first-order chi connectivity index (χ1) is 4.38. The van der Waals surface area contributed by atoms with Gasteiger partial charge in [-0.1, -0.05) is 17.8 Å². The molecule has 1 aliphatic rings. The van der Waals surface area contributed by atoms with E-state index in [2.05, 4.69) is 22.6 Å². The van der Waals surface area contributed by atoms with Gasteiger partial charge in [-0.05, 0) is 18.4 Å². The van der Waals surface area contributed by atoms with E-state index in [0.29, 0.717) is 0 Å². The van der Waals surface area contributed by atoms with Gasteiger partial charge in [-0.25, -0.2) is 0 Å². The summed E-state index contributed by atoms with van der Waals surface area (Å²) >= 11 is 1.68. The Labute approximate surface area is 59.6 Å². The lowest BCUT2D eigenvalue weighted by Gasteiger charge is -1.92. The predicted octanol–water partition coefficient (Wildman–Crippen LogP) is 2.22. The van der Waals surface area contributed by atoms with Crippen molar-refractivity contribution in [3.63, 3.8) is 0 Å². The Morgan fingerprint density at radius 2 is 2.44 bits per heavy atom. The SMILES string of the molecule is CC=C1C=CSC1=NC. The Hall–Kier alpha value is -0.500. The first kappa shape index (κ1) is 6.62. The van der Waals surface area contributed by atoms with Gasteiger partial charge in [0.2, 0.25) is 0 Å². The van der Waals surface area contributed by atoms with E-state index in [1.165, 1.54) is 5.57 Å². The van der Waals surface area contributed by atoms with Crippen molar-refractivity contribution in [3.8, 4) is 0 Å². The molecule has 0 aromatic heterocycles. The zero-order valence-corrected chi connectivity index (χ0v) is 6.40. The van der Waals surface area contributed by atoms with Gasteiger partial charge in [0.1, 0.15) is 5.04 Å². The minimum atomic E-state index is 1.12. The Morgan fingerprint density at radius 3 is 2.89 bits per heavy atom. The van der Waals surface area contributed by atoms with Crippen molar-refractivity contribution in [2.45, 2.75) is 6.92 Å². The lowest BCUT2D eigenvalue weighted by atomic mass is 10.3. The number of allylic oxidation sites excluding steroid dienone is 2. The number of nitrogens with zero attached hydrogens (tertiary/aromatic N) is 1. The summed E-state index contributed by atoms with van der Waals surface area (Å²) in [6, 6.07) is 0. The van der Waals surface area contributed by atoms with E-state index >= 15 is 0 Å². The molecular weight excluding hydrogens is 130 g/mol. The highest BCUT2D eigenvalue weighted by atomic mass is 32.2. The van der Waals surface area contributed by atoms with Gasteiger partial charge in [0.05, 0.1) is 0 Å². The molecule has 1 aliphatic heterocycles. The van der Waals surface area contributed by atoms with Crippen LogP contribution in [0.5, 0.6) is 0 Å². The van der Waals surface area contributed by atoms with Crippen molar-refractivity contribution in [1.29, 1.82) is 0 Å². The highest BCUT2D eigenvalue weighted by Gasteiger charge is 2.06. The third-order valence-corrected chi connectivity index (χ3v) is 2.10. The molecule has 1 rings (SSSR count). The molecule has 9 heavy (non-hydrogen) atoms. The Morgan fingerprint density at radius 1 is 1.67 bits per heavy atom. The highest BCUT2D eigenvalue weighted by molar-refractivity contribution is 8.17. The monoisotopic (exact) mass is 139 g/mol. The molecule has 0 fully saturated rings. The Kier molecular flexibility index (Phi) is 2.11. The van der Waals surface area contributed by atoms with Crippen LogP contribution < -0.4 is 0 Å². The van der Waals surface area contributed by atoms with Crippen LogP contribution in [0.25, 0.3) is 0 Å². The van der Waals surface area contributed by atoms with E-state index in [1.54, 1.807) is 11.8 Å². The molecule has 0 saturated carbocycles. The quantitative estimate of drug-likeness (QED) is 0.501. The van der Waals surface area contributed by atoms with Crippen molar-refractivity contribution in [2.24, 2.45) is 4.99 Å². The van der Waals surface area contributed by atoms with Crippen LogP contribution in [0.2, 0.25) is 0 Å². The van der Waals surface area contributed by atoms with E-state index in [9.17, 15) is 0 Å². The molecular formula is C7H9NS. The minimum Gasteiger partial charge on any atom is -0.281 e. The summed E-state index contributed by atoms with van der Waals surface area (Å²) in [5.41, 5.74) is 1.24. The first-order valence-corrected chi connectivity index (χ1v) is 3.73. The number of rotatable bonds is 0. The summed E-state index contributed by atoms with van der Waals surface area (Å²) < 4.78 is 0. The molecule has 0 N–H and O–H groups in total. The topological polar surface area (TPSA) is 12.4 Å². The van der Waals surface area contributed by atoms with Crippen molar-refractivity contribution >= 4 is 16.8 Å². The first-order valence-electron chi connectivity index (χ1n) is 2.85. The molecule has 0 unspecified atom stereocenters. The molecule has 0 spiro atoms. The van der Waals surface area contributed by atoms with Crippen LogP contribution in [-0.2, 0) is 0 Å². The van der Waals surface area contributed by atoms with Crippen LogP contribution in [0.15, 0.2) is 28.1 Å². The minimum absolute atomic E-state index is 1.12. The van der Waals surface area contributed by atoms with Crippen LogP contribution in [0, 0.1) is 0 Å². The lowest BCUT2D eigenvalue weighted by Crippen LogP contribution is -1.86. The van der Waals surface area contributed by atoms with E-state index in [4.69, 9.17) is 0 Å². The van der Waals surface area contributed by atoms with Crippen molar-refractivity contribution < 1.29 is 0 Å². The van der Waals surface area contributed by atoms with E-state index < -0.39 is 0 Å². The fraction of sp³-hybridized carbons (Fsp3) is 0.286.